The van der Waals surface area contributed by atoms with Gasteiger partial charge < -0.3 is 15.4 Å². The fraction of sp³-hybridized carbons (Fsp3) is 0.917. The number of carbonyl (C=O) groups is 1. The molecular weight excluding hydrogens is 236 g/mol. The number of nitrogens with zero attached hydrogens (tertiary/aromatic N) is 1. The summed E-state index contributed by atoms with van der Waals surface area (Å²) in [6, 6.07) is 0.274. The SMILES string of the molecule is CSCCC(C)N(C)C(=O)[C@@H]1CC[C@H](CN)O1. The van der Waals surface area contributed by atoms with E-state index in [1.807, 2.05) is 23.7 Å². The second kappa shape index (κ2) is 7.24. The van der Waals surface area contributed by atoms with E-state index in [0.717, 1.165) is 25.0 Å². The highest BCUT2D eigenvalue weighted by molar-refractivity contribution is 7.98. The first-order valence-electron chi connectivity index (χ1n) is 6.21. The van der Waals surface area contributed by atoms with Gasteiger partial charge in [-0.2, -0.15) is 11.8 Å². The fourth-order valence-corrected chi connectivity index (χ4v) is 2.56. The molecule has 0 saturated carbocycles. The Morgan fingerprint density at radius 3 is 2.82 bits per heavy atom. The van der Waals surface area contributed by atoms with Gasteiger partial charge in [0, 0.05) is 19.6 Å². The van der Waals surface area contributed by atoms with E-state index in [-0.39, 0.29) is 24.2 Å². The third kappa shape index (κ3) is 4.16. The Morgan fingerprint density at radius 1 is 1.59 bits per heavy atom. The molecule has 1 aliphatic heterocycles. The number of nitrogens with two attached hydrogens (primary N) is 1. The standard InChI is InChI=1S/C12H24N2O2S/c1-9(6-7-17-3)14(2)12(15)11-5-4-10(8-13)16-11/h9-11H,4-8,13H2,1-3H3/t9?,10-,11+/m1/s1. The van der Waals surface area contributed by atoms with E-state index in [4.69, 9.17) is 10.5 Å². The number of thioether (sulfide) groups is 1. The molecule has 0 spiro atoms. The molecule has 0 bridgehead atoms. The topological polar surface area (TPSA) is 55.6 Å². The molecule has 3 atom stereocenters. The first-order valence-corrected chi connectivity index (χ1v) is 7.60. The first kappa shape index (κ1) is 14.8. The molecule has 1 heterocycles. The van der Waals surface area contributed by atoms with Crippen LogP contribution in [0.3, 0.4) is 0 Å². The van der Waals surface area contributed by atoms with Crippen LogP contribution in [0.5, 0.6) is 0 Å². The molecule has 17 heavy (non-hydrogen) atoms. The van der Waals surface area contributed by atoms with E-state index in [0.29, 0.717) is 6.54 Å². The highest BCUT2D eigenvalue weighted by Gasteiger charge is 2.32. The first-order chi connectivity index (χ1) is 8.10. The van der Waals surface area contributed by atoms with E-state index in [2.05, 4.69) is 13.2 Å². The van der Waals surface area contributed by atoms with Crippen LogP contribution in [-0.2, 0) is 9.53 Å². The molecule has 0 radical (unpaired) electrons. The van der Waals surface area contributed by atoms with Crippen LogP contribution in [0.25, 0.3) is 0 Å². The molecule has 1 aliphatic rings. The quantitative estimate of drug-likeness (QED) is 0.777. The second-order valence-corrected chi connectivity index (χ2v) is 5.63. The van der Waals surface area contributed by atoms with Gasteiger partial charge in [-0.3, -0.25) is 4.79 Å². The van der Waals surface area contributed by atoms with E-state index >= 15 is 0 Å². The van der Waals surface area contributed by atoms with E-state index in [9.17, 15) is 4.79 Å². The van der Waals surface area contributed by atoms with Crippen LogP contribution in [0.4, 0.5) is 0 Å². The zero-order valence-electron chi connectivity index (χ0n) is 11.0. The number of ether oxygens (including phenoxy) is 1. The minimum Gasteiger partial charge on any atom is -0.364 e. The van der Waals surface area contributed by atoms with Gasteiger partial charge in [-0.25, -0.2) is 0 Å². The molecule has 1 unspecified atom stereocenters. The highest BCUT2D eigenvalue weighted by Crippen LogP contribution is 2.21. The molecule has 100 valence electrons. The molecule has 2 N–H and O–H groups in total. The van der Waals surface area contributed by atoms with Crippen LogP contribution in [0.1, 0.15) is 26.2 Å². The van der Waals surface area contributed by atoms with E-state index in [1.165, 1.54) is 0 Å². The van der Waals surface area contributed by atoms with Crippen LogP contribution in [0.15, 0.2) is 0 Å². The maximum atomic E-state index is 12.2. The maximum Gasteiger partial charge on any atom is 0.251 e. The maximum absolute atomic E-state index is 12.2. The van der Waals surface area contributed by atoms with Crippen molar-refractivity contribution in [1.82, 2.24) is 4.90 Å². The van der Waals surface area contributed by atoms with Crippen molar-refractivity contribution >= 4 is 17.7 Å². The summed E-state index contributed by atoms with van der Waals surface area (Å²) in [7, 11) is 1.87. The lowest BCUT2D eigenvalue weighted by atomic mass is 10.1. The third-order valence-electron chi connectivity index (χ3n) is 3.39. The molecule has 0 aromatic carbocycles. The minimum absolute atomic E-state index is 0.0684. The fourth-order valence-electron chi connectivity index (χ4n) is 1.99. The van der Waals surface area contributed by atoms with Crippen molar-refractivity contribution in [2.75, 3.05) is 25.6 Å². The van der Waals surface area contributed by atoms with Gasteiger partial charge >= 0.3 is 0 Å². The lowest BCUT2D eigenvalue weighted by Crippen LogP contribution is -2.42. The average molecular weight is 260 g/mol. The Labute approximate surface area is 108 Å². The predicted molar refractivity (Wildman–Crippen MR) is 72.2 cm³/mol. The van der Waals surface area contributed by atoms with Crippen molar-refractivity contribution in [3.63, 3.8) is 0 Å². The summed E-state index contributed by atoms with van der Waals surface area (Å²) in [5, 5.41) is 0. The van der Waals surface area contributed by atoms with Gasteiger partial charge in [-0.15, -0.1) is 0 Å². The summed E-state index contributed by atoms with van der Waals surface area (Å²) in [6.45, 7) is 2.60. The van der Waals surface area contributed by atoms with Crippen LogP contribution >= 0.6 is 11.8 Å². The van der Waals surface area contributed by atoms with E-state index in [1.54, 1.807) is 0 Å². The average Bonchev–Trinajstić information content (AvgIpc) is 2.82. The summed E-state index contributed by atoms with van der Waals surface area (Å²) in [4.78, 5) is 14.0. The zero-order valence-corrected chi connectivity index (χ0v) is 11.8. The number of hydrogen-bond donors (Lipinski definition) is 1. The molecule has 0 aliphatic carbocycles. The summed E-state index contributed by atoms with van der Waals surface area (Å²) in [5.41, 5.74) is 5.55. The number of likely N-dealkylation sites (N-methyl/N-ethyl adjacent to an activating group) is 1. The molecule has 4 nitrogen and oxygen atoms in total. The van der Waals surface area contributed by atoms with Gasteiger partial charge in [-0.05, 0) is 38.2 Å². The van der Waals surface area contributed by atoms with Gasteiger partial charge in [0.05, 0.1) is 6.10 Å². The van der Waals surface area contributed by atoms with E-state index < -0.39 is 0 Å². The second-order valence-electron chi connectivity index (χ2n) is 4.64. The Bertz CT molecular complexity index is 251. The number of hydrogen-bond acceptors (Lipinski definition) is 4. The number of carbonyl (C=O) groups excluding carboxylic acids is 1. The highest BCUT2D eigenvalue weighted by atomic mass is 32.2. The third-order valence-corrected chi connectivity index (χ3v) is 4.04. The normalized spacial score (nSPS) is 25.9. The van der Waals surface area contributed by atoms with Gasteiger partial charge in [-0.1, -0.05) is 0 Å². The smallest absolute Gasteiger partial charge is 0.251 e. The monoisotopic (exact) mass is 260 g/mol. The van der Waals surface area contributed by atoms with Crippen LogP contribution < -0.4 is 5.73 Å². The van der Waals surface area contributed by atoms with Crippen molar-refractivity contribution < 1.29 is 9.53 Å². The molecule has 1 amide bonds. The summed E-state index contributed by atoms with van der Waals surface area (Å²) < 4.78 is 5.63. The van der Waals surface area contributed by atoms with Crippen molar-refractivity contribution in [3.05, 3.63) is 0 Å². The van der Waals surface area contributed by atoms with Gasteiger partial charge in [0.2, 0.25) is 0 Å². The molecule has 1 saturated heterocycles. The molecule has 0 aromatic rings. The van der Waals surface area contributed by atoms with Gasteiger partial charge in [0.15, 0.2) is 0 Å². The Balaban J connectivity index is 2.41. The largest absolute Gasteiger partial charge is 0.364 e. The van der Waals surface area contributed by atoms with Crippen LogP contribution in [0.2, 0.25) is 0 Å². The number of amides is 1. The van der Waals surface area contributed by atoms with Gasteiger partial charge in [0.25, 0.3) is 5.91 Å². The van der Waals surface area contributed by atoms with Crippen molar-refractivity contribution in [2.45, 2.75) is 44.4 Å². The zero-order chi connectivity index (χ0) is 12.8. The van der Waals surface area contributed by atoms with Crippen LogP contribution in [-0.4, -0.2) is 54.7 Å². The van der Waals surface area contributed by atoms with Crippen molar-refractivity contribution in [3.8, 4) is 0 Å². The molecular formula is C12H24N2O2S. The predicted octanol–water partition coefficient (Wildman–Crippen LogP) is 1.09. The van der Waals surface area contributed by atoms with Crippen LogP contribution in [0, 0.1) is 0 Å². The summed E-state index contributed by atoms with van der Waals surface area (Å²) in [5.74, 6) is 1.19. The minimum atomic E-state index is -0.273. The Kier molecular flexibility index (Phi) is 6.30. The van der Waals surface area contributed by atoms with Crippen molar-refractivity contribution in [2.24, 2.45) is 5.73 Å². The molecule has 0 aromatic heterocycles. The lowest BCUT2D eigenvalue weighted by Gasteiger charge is -2.27. The summed E-state index contributed by atoms with van der Waals surface area (Å²) >= 11 is 1.81. The van der Waals surface area contributed by atoms with Gasteiger partial charge in [0.1, 0.15) is 6.10 Å². The molecule has 1 fully saturated rings. The Hall–Kier alpha value is -0.260. The molecule has 1 rings (SSSR count). The summed E-state index contributed by atoms with van der Waals surface area (Å²) in [6.07, 6.45) is 4.61. The van der Waals surface area contributed by atoms with Crippen molar-refractivity contribution in [1.29, 1.82) is 0 Å². The Morgan fingerprint density at radius 2 is 2.29 bits per heavy atom. The lowest BCUT2D eigenvalue weighted by molar-refractivity contribution is -0.143. The molecule has 5 heteroatoms. The number of rotatable bonds is 6.